The number of aromatic nitrogens is 3. The molecule has 0 spiro atoms. The lowest BCUT2D eigenvalue weighted by atomic mass is 9.95. The Bertz CT molecular complexity index is 1210. The first kappa shape index (κ1) is 23.4. The first-order valence-corrected chi connectivity index (χ1v) is 11.7. The fourth-order valence-corrected chi connectivity index (χ4v) is 4.64. The van der Waals surface area contributed by atoms with Gasteiger partial charge in [0.2, 0.25) is 0 Å². The van der Waals surface area contributed by atoms with Crippen LogP contribution < -0.4 is 15.4 Å². The number of rotatable bonds is 8. The predicted octanol–water partition coefficient (Wildman–Crippen LogP) is 3.55. The van der Waals surface area contributed by atoms with Gasteiger partial charge in [0.05, 0.1) is 25.3 Å². The molecule has 0 fully saturated rings. The lowest BCUT2D eigenvalue weighted by Gasteiger charge is -2.29. The third-order valence-electron chi connectivity index (χ3n) is 5.25. The monoisotopic (exact) mass is 479 g/mol. The molecular formula is C24H25N5O4S. The molecule has 3 aromatic rings. The summed E-state index contributed by atoms with van der Waals surface area (Å²) < 4.78 is 12.5. The number of thioether (sulfide) groups is 1. The van der Waals surface area contributed by atoms with Crippen LogP contribution in [0.5, 0.6) is 5.75 Å². The second kappa shape index (κ2) is 10.4. The molecule has 1 aromatic heterocycles. The van der Waals surface area contributed by atoms with Crippen molar-refractivity contribution in [3.63, 3.8) is 0 Å². The zero-order valence-corrected chi connectivity index (χ0v) is 19.9. The molecule has 0 saturated heterocycles. The number of esters is 1. The normalized spacial score (nSPS) is 15.5. The van der Waals surface area contributed by atoms with E-state index in [1.54, 1.807) is 26.2 Å². The van der Waals surface area contributed by atoms with Crippen LogP contribution >= 0.6 is 11.8 Å². The molecule has 2 amide bonds. The fraction of sp³-hybridized carbons (Fsp3) is 0.250. The molecule has 34 heavy (non-hydrogen) atoms. The van der Waals surface area contributed by atoms with Crippen molar-refractivity contribution in [3.05, 3.63) is 77.3 Å². The number of hydrogen-bond acceptors (Lipinski definition) is 7. The van der Waals surface area contributed by atoms with Gasteiger partial charge in [-0.05, 0) is 43.7 Å². The van der Waals surface area contributed by atoms with Gasteiger partial charge in [0.1, 0.15) is 11.6 Å². The van der Waals surface area contributed by atoms with E-state index in [0.29, 0.717) is 27.9 Å². The topological polar surface area (TPSA) is 107 Å². The van der Waals surface area contributed by atoms with Crippen molar-refractivity contribution in [1.82, 2.24) is 25.4 Å². The van der Waals surface area contributed by atoms with Gasteiger partial charge >= 0.3 is 12.0 Å². The number of nitrogens with one attached hydrogen (secondary N) is 2. The summed E-state index contributed by atoms with van der Waals surface area (Å²) in [6.07, 6.45) is 0. The second-order valence-electron chi connectivity index (χ2n) is 7.41. The molecule has 2 aromatic carbocycles. The van der Waals surface area contributed by atoms with Gasteiger partial charge in [0.15, 0.2) is 5.16 Å². The number of para-hydroxylation sites is 1. The van der Waals surface area contributed by atoms with E-state index in [1.165, 1.54) is 11.8 Å². The number of benzene rings is 2. The molecule has 176 valence electrons. The fourth-order valence-electron chi connectivity index (χ4n) is 3.68. The number of urea groups is 1. The molecule has 1 unspecified atom stereocenters. The predicted molar refractivity (Wildman–Crippen MR) is 128 cm³/mol. The summed E-state index contributed by atoms with van der Waals surface area (Å²) in [4.78, 5) is 25.5. The third-order valence-corrected chi connectivity index (χ3v) is 6.21. The van der Waals surface area contributed by atoms with Gasteiger partial charge in [0, 0.05) is 17.1 Å². The maximum atomic E-state index is 13.0. The van der Waals surface area contributed by atoms with Gasteiger partial charge < -0.3 is 20.1 Å². The standard InChI is InChI=1S/C24H25N5O4S/c1-4-33-22(30)20-19(25-23(31)26-21(20)16-10-12-18(32-3)13-11-16)14-34-24-28-27-15(2)29(24)17-8-6-5-7-9-17/h5-13,21H,4,14H2,1-3H3,(H2,25,26,31). The van der Waals surface area contributed by atoms with E-state index < -0.39 is 18.0 Å². The Balaban J connectivity index is 1.69. The summed E-state index contributed by atoms with van der Waals surface area (Å²) in [5, 5.41) is 14.8. The molecular weight excluding hydrogens is 454 g/mol. The molecule has 4 rings (SSSR count). The molecule has 0 aliphatic carbocycles. The van der Waals surface area contributed by atoms with Crippen molar-refractivity contribution in [1.29, 1.82) is 0 Å². The van der Waals surface area contributed by atoms with Crippen molar-refractivity contribution in [2.24, 2.45) is 0 Å². The second-order valence-corrected chi connectivity index (χ2v) is 8.35. The smallest absolute Gasteiger partial charge is 0.338 e. The molecule has 9 nitrogen and oxygen atoms in total. The van der Waals surface area contributed by atoms with E-state index in [1.807, 2.05) is 54.0 Å². The number of hydrogen-bond donors (Lipinski definition) is 2. The van der Waals surface area contributed by atoms with Crippen LogP contribution in [0.15, 0.2) is 71.0 Å². The average Bonchev–Trinajstić information content (AvgIpc) is 3.23. The summed E-state index contributed by atoms with van der Waals surface area (Å²) in [6.45, 7) is 3.84. The Morgan fingerprint density at radius 2 is 1.85 bits per heavy atom. The number of aryl methyl sites for hydroxylation is 1. The van der Waals surface area contributed by atoms with E-state index in [2.05, 4.69) is 20.8 Å². The Labute approximate surface area is 201 Å². The van der Waals surface area contributed by atoms with E-state index in [4.69, 9.17) is 9.47 Å². The van der Waals surface area contributed by atoms with Crippen LogP contribution in [0.25, 0.3) is 5.69 Å². The average molecular weight is 480 g/mol. The van der Waals surface area contributed by atoms with Gasteiger partial charge in [-0.3, -0.25) is 4.57 Å². The highest BCUT2D eigenvalue weighted by Crippen LogP contribution is 2.32. The van der Waals surface area contributed by atoms with Crippen LogP contribution in [0.1, 0.15) is 24.4 Å². The van der Waals surface area contributed by atoms with Crippen molar-refractivity contribution >= 4 is 23.8 Å². The lowest BCUT2D eigenvalue weighted by Crippen LogP contribution is -2.46. The highest BCUT2D eigenvalue weighted by atomic mass is 32.2. The van der Waals surface area contributed by atoms with E-state index in [-0.39, 0.29) is 6.61 Å². The van der Waals surface area contributed by atoms with Crippen LogP contribution in [0, 0.1) is 6.92 Å². The minimum absolute atomic E-state index is 0.216. The van der Waals surface area contributed by atoms with Crippen molar-refractivity contribution in [2.75, 3.05) is 19.5 Å². The van der Waals surface area contributed by atoms with Gasteiger partial charge in [-0.25, -0.2) is 9.59 Å². The molecule has 1 atom stereocenters. The number of methoxy groups -OCH3 is 1. The van der Waals surface area contributed by atoms with Crippen molar-refractivity contribution in [3.8, 4) is 11.4 Å². The summed E-state index contributed by atoms with van der Waals surface area (Å²) >= 11 is 1.38. The summed E-state index contributed by atoms with van der Waals surface area (Å²) in [5.41, 5.74) is 2.48. The van der Waals surface area contributed by atoms with Gasteiger partial charge in [-0.1, -0.05) is 42.1 Å². The summed E-state index contributed by atoms with van der Waals surface area (Å²) in [6, 6.07) is 15.9. The van der Waals surface area contributed by atoms with Crippen LogP contribution in [-0.4, -0.2) is 46.2 Å². The van der Waals surface area contributed by atoms with Crippen molar-refractivity contribution < 1.29 is 19.1 Å². The van der Waals surface area contributed by atoms with Gasteiger partial charge in [0.25, 0.3) is 0 Å². The van der Waals surface area contributed by atoms with Gasteiger partial charge in [-0.2, -0.15) is 0 Å². The van der Waals surface area contributed by atoms with Crippen LogP contribution in [-0.2, 0) is 9.53 Å². The maximum Gasteiger partial charge on any atom is 0.338 e. The largest absolute Gasteiger partial charge is 0.497 e. The molecule has 1 aliphatic rings. The molecule has 0 saturated carbocycles. The highest BCUT2D eigenvalue weighted by molar-refractivity contribution is 7.99. The first-order chi connectivity index (χ1) is 16.5. The minimum Gasteiger partial charge on any atom is -0.497 e. The van der Waals surface area contributed by atoms with E-state index in [0.717, 1.165) is 17.1 Å². The number of carbonyl (C=O) groups excluding carboxylic acids is 2. The minimum atomic E-state index is -0.664. The molecule has 2 N–H and O–H groups in total. The third kappa shape index (κ3) is 4.91. The summed E-state index contributed by atoms with van der Waals surface area (Å²) in [7, 11) is 1.58. The molecule has 0 bridgehead atoms. The number of ether oxygens (including phenoxy) is 2. The number of carbonyl (C=O) groups is 2. The zero-order valence-electron chi connectivity index (χ0n) is 19.1. The Hall–Kier alpha value is -3.79. The van der Waals surface area contributed by atoms with E-state index >= 15 is 0 Å². The Kier molecular flexibility index (Phi) is 7.17. The number of amides is 2. The maximum absolute atomic E-state index is 13.0. The molecule has 1 aliphatic heterocycles. The van der Waals surface area contributed by atoms with Crippen molar-refractivity contribution in [2.45, 2.75) is 25.0 Å². The number of nitrogens with zero attached hydrogens (tertiary/aromatic N) is 3. The van der Waals surface area contributed by atoms with Crippen LogP contribution in [0.2, 0.25) is 0 Å². The zero-order chi connectivity index (χ0) is 24.1. The Morgan fingerprint density at radius 1 is 1.12 bits per heavy atom. The quantitative estimate of drug-likeness (QED) is 0.376. The molecule has 10 heteroatoms. The first-order valence-electron chi connectivity index (χ1n) is 10.7. The van der Waals surface area contributed by atoms with Crippen LogP contribution in [0.3, 0.4) is 0 Å². The van der Waals surface area contributed by atoms with Gasteiger partial charge in [-0.15, -0.1) is 10.2 Å². The highest BCUT2D eigenvalue weighted by Gasteiger charge is 2.34. The Morgan fingerprint density at radius 3 is 2.53 bits per heavy atom. The van der Waals surface area contributed by atoms with E-state index in [9.17, 15) is 9.59 Å². The molecule has 2 heterocycles. The SMILES string of the molecule is CCOC(=O)C1=C(CSc2nnc(C)n2-c2ccccc2)NC(=O)NC1c1ccc(OC)cc1. The molecule has 0 radical (unpaired) electrons. The lowest BCUT2D eigenvalue weighted by molar-refractivity contribution is -0.139. The summed E-state index contributed by atoms with van der Waals surface area (Å²) in [5.74, 6) is 1.21. The van der Waals surface area contributed by atoms with Crippen LogP contribution in [0.4, 0.5) is 4.79 Å².